The third kappa shape index (κ3) is 42.0. The van der Waals surface area contributed by atoms with Crippen LogP contribution in [0.25, 0.3) is 0 Å². The second kappa shape index (κ2) is 63.7. The Morgan fingerprint density at radius 1 is 0.318 bits per heavy atom. The summed E-state index contributed by atoms with van der Waals surface area (Å²) < 4.78 is 323. The number of nitrogens with one attached hydrogen (secondary N) is 4. The van der Waals surface area contributed by atoms with Crippen molar-refractivity contribution in [2.75, 3.05) is 145 Å². The van der Waals surface area contributed by atoms with E-state index in [4.69, 9.17) is 169 Å². The van der Waals surface area contributed by atoms with Crippen molar-refractivity contribution in [3.05, 3.63) is 262 Å². The number of nitrogens with two attached hydrogens (primary N) is 4. The molecular weight excluding hydrogens is 1870 g/mol. The molecule has 0 saturated carbocycles. The number of hydrogen-bond donors (Lipinski definition) is 8. The Morgan fingerprint density at radius 3 is 0.758 bits per heavy atom. The van der Waals surface area contributed by atoms with Crippen LogP contribution in [0.4, 0.5) is 40.3 Å². The smallest absolute Gasteiger partial charge is 0.328 e. The maximum absolute atomic E-state index is 13.3. The standard InChI is InChI=1S/4C24H30Cl2FN3O3/c4*1-2-33-24(32)22(16-18-3-7-19(27)8-4-18)29-23(31)21(28)15-17-5-9-20(10-6-17)30(13-11-25)14-12-26/h4*3-10,21-22H,2,11-16,28H2,1H3,(H,29,31)/i9D,10D,11D2,12D2,13D2,14D2;9D,11D2,12D2,13D2,14D2;1D3,2D2,9D,10D;1D3,2D2,9D. The van der Waals surface area contributed by atoms with Crippen LogP contribution in [0.2, 0.25) is 0 Å². The van der Waals surface area contributed by atoms with Gasteiger partial charge in [-0.25, -0.2) is 36.7 Å². The second-order valence-electron chi connectivity index (χ2n) is 27.8. The Labute approximate surface area is 856 Å². The molecule has 0 saturated heterocycles. The number of ether oxygens (including phenoxy) is 4. The number of amides is 4. The summed E-state index contributed by atoms with van der Waals surface area (Å²) in [6, 6.07) is 21.4. The van der Waals surface area contributed by atoms with Gasteiger partial charge in [-0.2, -0.15) is 0 Å². The van der Waals surface area contributed by atoms with E-state index in [0.29, 0.717) is 82.7 Å². The molecule has 720 valence electrons. The topological polar surface area (TPSA) is 339 Å². The highest BCUT2D eigenvalue weighted by molar-refractivity contribution is 6.20. The van der Waals surface area contributed by atoms with Gasteiger partial charge in [0.2, 0.25) is 23.6 Å². The molecule has 0 heterocycles. The molecule has 8 unspecified atom stereocenters. The van der Waals surface area contributed by atoms with Crippen LogP contribution in [0.5, 0.6) is 0 Å². The summed E-state index contributed by atoms with van der Waals surface area (Å²) in [6.45, 7) is -22.1. The minimum absolute atomic E-state index is 0.00256. The van der Waals surface area contributed by atoms with Crippen LogP contribution in [-0.2, 0) is 109 Å². The molecule has 8 aromatic rings. The summed E-state index contributed by atoms with van der Waals surface area (Å²) in [6.07, 6.45) is -1.20. The summed E-state index contributed by atoms with van der Waals surface area (Å²) in [4.78, 5) is 106. The fraction of sp³-hybridized carbons (Fsp3) is 0.417. The summed E-state index contributed by atoms with van der Waals surface area (Å²) in [5.41, 5.74) is 26.8. The molecule has 24 nitrogen and oxygen atoms in total. The van der Waals surface area contributed by atoms with Gasteiger partial charge in [0, 0.05) is 167 Å². The van der Waals surface area contributed by atoms with E-state index < -0.39 is 225 Å². The van der Waals surface area contributed by atoms with Crippen LogP contribution in [0.15, 0.2) is 194 Å². The first-order valence-corrected chi connectivity index (χ1v) is 43.6. The van der Waals surface area contributed by atoms with Crippen LogP contribution in [0, 0.1) is 23.3 Å². The van der Waals surface area contributed by atoms with Crippen LogP contribution < -0.4 is 63.8 Å². The first kappa shape index (κ1) is 72.1. The number of carbonyl (C=O) groups is 8. The molecule has 0 spiro atoms. The van der Waals surface area contributed by atoms with Gasteiger partial charge in [-0.15, -0.1) is 92.8 Å². The predicted octanol–water partition coefficient (Wildman–Crippen LogP) is 13.1. The van der Waals surface area contributed by atoms with Crippen molar-refractivity contribution >= 4 is 163 Å². The zero-order chi connectivity index (χ0) is 125. The Bertz CT molecular complexity index is 6260. The number of hydrogen-bond acceptors (Lipinski definition) is 20. The first-order chi connectivity index (χ1) is 75.4. The van der Waals surface area contributed by atoms with Crippen molar-refractivity contribution in [3.8, 4) is 0 Å². The fourth-order valence-electron chi connectivity index (χ4n) is 11.8. The van der Waals surface area contributed by atoms with E-state index in [9.17, 15) is 55.9 Å². The van der Waals surface area contributed by atoms with Crippen LogP contribution in [0.3, 0.4) is 0 Å². The van der Waals surface area contributed by atoms with Gasteiger partial charge >= 0.3 is 23.9 Å². The Balaban J connectivity index is 0.000000383. The fourth-order valence-corrected chi connectivity index (χ4v) is 13.0. The SMILES string of the molecule is [2H]c1cc(CC(N)C(=O)NC(Cc2ccc(F)cc2)C(=O)OC([2H])([2H])C([2H])([2H])[2H])cc([2H])c1N(CCCl)CCCl.[2H]c1cc(CC(N)C(=O)NC(Cc2ccc(F)cc2)C(=O)OC([2H])([2H])C([2H])([2H])[2H])ccc1N(CCCl)CCCl.[2H]c1cc(CC(N)C(=O)NC(Cc2ccc(F)cc2)C(=O)OCC)cc([2H])c1N(C([2H])([2H])C([2H])([2H])Cl)C([2H])([2H])C([2H])([2H])Cl.[2H]c1cc(CC(N)C(=O)NC(Cc2ccc(F)cc2)C(=O)OCC)ccc1N(C([2H])([2H])C([2H])([2H])Cl)C([2H])([2H])C([2H])([2H])Cl. The first-order valence-electron chi connectivity index (χ1n) is 55.9. The molecule has 8 aromatic carbocycles. The van der Waals surface area contributed by atoms with Crippen molar-refractivity contribution in [1.82, 2.24) is 21.3 Å². The van der Waals surface area contributed by atoms with Crippen molar-refractivity contribution in [2.45, 2.75) is 127 Å². The van der Waals surface area contributed by atoms with E-state index in [1.165, 1.54) is 91.0 Å². The number of nitrogens with zero attached hydrogens (tertiary/aromatic N) is 4. The largest absolute Gasteiger partial charge is 0.464 e. The van der Waals surface area contributed by atoms with Crippen LogP contribution >= 0.6 is 92.8 Å². The molecule has 36 heteroatoms. The monoisotopic (exact) mass is 2020 g/mol. The van der Waals surface area contributed by atoms with Crippen molar-refractivity contribution in [3.63, 3.8) is 0 Å². The molecule has 8 rings (SSSR count). The number of rotatable bonds is 52. The van der Waals surface area contributed by atoms with Gasteiger partial charge in [-0.1, -0.05) is 97.1 Å². The maximum Gasteiger partial charge on any atom is 0.328 e. The molecular formula is C96H120Cl8F4N12O12. The van der Waals surface area contributed by atoms with E-state index in [1.54, 1.807) is 36.9 Å². The second-order valence-corrected chi connectivity index (χ2v) is 30.0. The molecule has 4 amide bonds. The predicted molar refractivity (Wildman–Crippen MR) is 522 cm³/mol. The number of alkyl halides is 8. The molecule has 0 fully saturated rings. The molecule has 0 bridgehead atoms. The molecule has 0 aliphatic carbocycles. The summed E-state index contributed by atoms with van der Waals surface area (Å²) in [5, 5.41) is 9.71. The molecule has 12 N–H and O–H groups in total. The molecule has 8 atom stereocenters. The lowest BCUT2D eigenvalue weighted by Gasteiger charge is -2.23. The van der Waals surface area contributed by atoms with Gasteiger partial charge in [0.1, 0.15) is 47.4 Å². The van der Waals surface area contributed by atoms with Gasteiger partial charge in [0.15, 0.2) is 0 Å². The van der Waals surface area contributed by atoms with Gasteiger partial charge in [0.05, 0.1) is 75.2 Å². The average molecular weight is 2030 g/mol. The highest BCUT2D eigenvalue weighted by atomic mass is 35.5. The van der Waals surface area contributed by atoms with Crippen LogP contribution in [-0.4, -0.2) is 221 Å². The Kier molecular flexibility index (Phi) is 34.8. The number of halogens is 12. The lowest BCUT2D eigenvalue weighted by atomic mass is 10.0. The number of esters is 4. The van der Waals surface area contributed by atoms with Gasteiger partial charge in [0.25, 0.3) is 0 Å². The van der Waals surface area contributed by atoms with Crippen molar-refractivity contribution < 1.29 is 119 Å². The van der Waals surface area contributed by atoms with Gasteiger partial charge < -0.3 is 82.7 Å². The highest BCUT2D eigenvalue weighted by Crippen LogP contribution is 2.23. The summed E-state index contributed by atoms with van der Waals surface area (Å²) in [5.74, 6) is -21.4. The van der Waals surface area contributed by atoms with Gasteiger partial charge in [-0.3, -0.25) is 19.2 Å². The molecule has 0 aliphatic rings. The quantitative estimate of drug-likeness (QED) is 0.00760. The van der Waals surface area contributed by atoms with Crippen molar-refractivity contribution in [1.29, 1.82) is 0 Å². The normalized spacial score (nSPS) is 17.5. The Hall–Kier alpha value is -9.40. The van der Waals surface area contributed by atoms with E-state index >= 15 is 0 Å². The number of carbonyl (C=O) groups excluding carboxylic acids is 8. The van der Waals surface area contributed by atoms with Crippen LogP contribution in [0.1, 0.15) is 116 Å². The highest BCUT2D eigenvalue weighted by Gasteiger charge is 2.31. The molecule has 0 radical (unpaired) electrons. The molecule has 132 heavy (non-hydrogen) atoms. The zero-order valence-electron chi connectivity index (χ0n) is 103. The summed E-state index contributed by atoms with van der Waals surface area (Å²) >= 11 is 45.6. The minimum Gasteiger partial charge on any atom is -0.464 e. The average Bonchev–Trinajstić information content (AvgIpc) is 0.724. The Morgan fingerprint density at radius 2 is 0.523 bits per heavy atom. The molecule has 0 aromatic heterocycles. The van der Waals surface area contributed by atoms with E-state index in [1.807, 2.05) is 4.90 Å². The lowest BCUT2D eigenvalue weighted by molar-refractivity contribution is -0.147. The number of anilines is 4. The third-order valence-corrected chi connectivity index (χ3v) is 19.3. The number of benzene rings is 8. The summed E-state index contributed by atoms with van der Waals surface area (Å²) in [7, 11) is 0. The minimum atomic E-state index is -3.53. The lowest BCUT2D eigenvalue weighted by Crippen LogP contribution is -2.50. The van der Waals surface area contributed by atoms with E-state index in [-0.39, 0.29) is 115 Å². The maximum atomic E-state index is 13.3. The third-order valence-electron chi connectivity index (χ3n) is 18.3. The van der Waals surface area contributed by atoms with E-state index in [0.717, 1.165) is 48.5 Å². The van der Waals surface area contributed by atoms with Crippen molar-refractivity contribution in [2.24, 2.45) is 22.9 Å². The molecule has 0 aliphatic heterocycles. The van der Waals surface area contributed by atoms with Gasteiger partial charge in [-0.05, 0) is 195 Å². The zero-order valence-corrected chi connectivity index (χ0v) is 76.9. The van der Waals surface area contributed by atoms with E-state index in [2.05, 4.69) is 30.7 Å².